The van der Waals surface area contributed by atoms with Crippen molar-refractivity contribution in [2.75, 3.05) is 0 Å². The Balaban J connectivity index is 1.63. The molecule has 4 rings (SSSR count). The van der Waals surface area contributed by atoms with Gasteiger partial charge in [0.05, 0.1) is 5.69 Å². The summed E-state index contributed by atoms with van der Waals surface area (Å²) in [6.07, 6.45) is 1.83. The summed E-state index contributed by atoms with van der Waals surface area (Å²) < 4.78 is 3.67. The van der Waals surface area contributed by atoms with Gasteiger partial charge in [0, 0.05) is 35.0 Å². The number of aromatic nitrogens is 5. The zero-order valence-electron chi connectivity index (χ0n) is 15.6. The molecule has 8 heteroatoms. The number of rotatable bonds is 6. The lowest BCUT2D eigenvalue weighted by Gasteiger charge is -2.08. The number of fused-ring (bicyclic) bond motifs is 1. The topological polar surface area (TPSA) is 65.1 Å². The van der Waals surface area contributed by atoms with Crippen molar-refractivity contribution in [3.05, 3.63) is 75.7 Å². The summed E-state index contributed by atoms with van der Waals surface area (Å²) in [5, 5.41) is 11.5. The first kappa shape index (κ1) is 18.6. The van der Waals surface area contributed by atoms with Gasteiger partial charge in [-0.05, 0) is 19.9 Å². The highest BCUT2D eigenvalue weighted by atomic mass is 32.2. The Hall–Kier alpha value is -2.71. The standard InChI is InChI=1S/C20H19N5OS2/c1-4-8-24-18(15-7-5-6-13(2)9-15)22-23-20(24)28-12-16-10-17(26)25-14(3)11-27-19(25)21-16/h4-7,9-11H,1,8,12H2,2-3H3. The van der Waals surface area contributed by atoms with Crippen LogP contribution in [0.4, 0.5) is 0 Å². The number of allylic oxidation sites excluding steroid dienone is 1. The Kier molecular flexibility index (Phi) is 5.15. The number of aryl methyl sites for hydroxylation is 2. The van der Waals surface area contributed by atoms with Crippen LogP contribution in [-0.4, -0.2) is 24.1 Å². The van der Waals surface area contributed by atoms with E-state index in [0.717, 1.165) is 27.9 Å². The van der Waals surface area contributed by atoms with Crippen molar-refractivity contribution in [1.29, 1.82) is 0 Å². The number of nitrogens with zero attached hydrogens (tertiary/aromatic N) is 5. The fourth-order valence-corrected chi connectivity index (χ4v) is 4.73. The van der Waals surface area contributed by atoms with Gasteiger partial charge in [0.15, 0.2) is 15.9 Å². The summed E-state index contributed by atoms with van der Waals surface area (Å²) in [5.41, 5.74) is 3.79. The van der Waals surface area contributed by atoms with Crippen LogP contribution >= 0.6 is 23.1 Å². The van der Waals surface area contributed by atoms with E-state index in [1.165, 1.54) is 28.7 Å². The van der Waals surface area contributed by atoms with Gasteiger partial charge in [0.2, 0.25) is 0 Å². The van der Waals surface area contributed by atoms with E-state index in [9.17, 15) is 4.79 Å². The molecular formula is C20H19N5OS2. The van der Waals surface area contributed by atoms with E-state index in [-0.39, 0.29) is 5.56 Å². The minimum Gasteiger partial charge on any atom is -0.298 e. The molecule has 0 bridgehead atoms. The van der Waals surface area contributed by atoms with Crippen LogP contribution in [0.5, 0.6) is 0 Å². The van der Waals surface area contributed by atoms with Crippen molar-refractivity contribution in [3.63, 3.8) is 0 Å². The van der Waals surface area contributed by atoms with Gasteiger partial charge in [-0.3, -0.25) is 13.8 Å². The first-order valence-electron chi connectivity index (χ1n) is 8.77. The van der Waals surface area contributed by atoms with E-state index in [1.807, 2.05) is 35.1 Å². The molecule has 0 aliphatic carbocycles. The van der Waals surface area contributed by atoms with E-state index in [2.05, 4.69) is 40.8 Å². The average molecular weight is 410 g/mol. The molecule has 0 aliphatic rings. The molecule has 0 aliphatic heterocycles. The number of hydrogen-bond donors (Lipinski definition) is 0. The molecule has 28 heavy (non-hydrogen) atoms. The third-order valence-corrected chi connectivity index (χ3v) is 6.23. The monoisotopic (exact) mass is 409 g/mol. The van der Waals surface area contributed by atoms with Crippen LogP contribution in [0, 0.1) is 13.8 Å². The van der Waals surface area contributed by atoms with Crippen molar-refractivity contribution in [2.45, 2.75) is 31.3 Å². The molecule has 3 heterocycles. The van der Waals surface area contributed by atoms with E-state index in [0.29, 0.717) is 17.3 Å². The maximum Gasteiger partial charge on any atom is 0.258 e. The molecule has 0 fully saturated rings. The van der Waals surface area contributed by atoms with Gasteiger partial charge in [-0.25, -0.2) is 4.98 Å². The molecule has 0 N–H and O–H groups in total. The molecule has 0 atom stereocenters. The summed E-state index contributed by atoms with van der Waals surface area (Å²) in [7, 11) is 0. The molecule has 1 aromatic carbocycles. The van der Waals surface area contributed by atoms with Crippen LogP contribution < -0.4 is 5.56 Å². The molecule has 0 saturated carbocycles. The second-order valence-corrected chi connectivity index (χ2v) is 8.22. The Morgan fingerprint density at radius 1 is 1.25 bits per heavy atom. The van der Waals surface area contributed by atoms with Crippen molar-refractivity contribution >= 4 is 28.1 Å². The highest BCUT2D eigenvalue weighted by Gasteiger charge is 2.15. The van der Waals surface area contributed by atoms with Gasteiger partial charge in [0.1, 0.15) is 0 Å². The Morgan fingerprint density at radius 2 is 2.11 bits per heavy atom. The Morgan fingerprint density at radius 3 is 2.89 bits per heavy atom. The summed E-state index contributed by atoms with van der Waals surface area (Å²) in [6, 6.07) is 9.78. The van der Waals surface area contributed by atoms with Gasteiger partial charge in [0.25, 0.3) is 5.56 Å². The lowest BCUT2D eigenvalue weighted by molar-refractivity contribution is 0.731. The fraction of sp³-hybridized carbons (Fsp3) is 0.200. The lowest BCUT2D eigenvalue weighted by Crippen LogP contribution is -2.14. The van der Waals surface area contributed by atoms with E-state index < -0.39 is 0 Å². The number of benzene rings is 1. The fourth-order valence-electron chi connectivity index (χ4n) is 3.00. The maximum absolute atomic E-state index is 12.4. The second-order valence-electron chi connectivity index (χ2n) is 6.44. The van der Waals surface area contributed by atoms with Crippen molar-refractivity contribution in [1.82, 2.24) is 24.1 Å². The summed E-state index contributed by atoms with van der Waals surface area (Å²) in [5.74, 6) is 1.36. The van der Waals surface area contributed by atoms with Crippen LogP contribution in [0.25, 0.3) is 16.3 Å². The third kappa shape index (κ3) is 3.53. The molecule has 0 saturated heterocycles. The highest BCUT2D eigenvalue weighted by molar-refractivity contribution is 7.98. The van der Waals surface area contributed by atoms with Crippen molar-refractivity contribution in [2.24, 2.45) is 0 Å². The Bertz CT molecular complexity index is 1220. The van der Waals surface area contributed by atoms with Gasteiger partial charge >= 0.3 is 0 Å². The molecule has 4 aromatic rings. The van der Waals surface area contributed by atoms with Gasteiger partial charge in [-0.15, -0.1) is 28.1 Å². The van der Waals surface area contributed by atoms with Gasteiger partial charge < -0.3 is 0 Å². The largest absolute Gasteiger partial charge is 0.298 e. The first-order valence-corrected chi connectivity index (χ1v) is 10.6. The summed E-state index contributed by atoms with van der Waals surface area (Å²) >= 11 is 2.99. The quantitative estimate of drug-likeness (QED) is 0.354. The Labute approximate surface area is 170 Å². The van der Waals surface area contributed by atoms with Crippen LogP contribution in [0.1, 0.15) is 17.0 Å². The first-order chi connectivity index (χ1) is 13.6. The van der Waals surface area contributed by atoms with Crippen LogP contribution in [0.15, 0.2) is 58.3 Å². The zero-order chi connectivity index (χ0) is 19.7. The maximum atomic E-state index is 12.4. The number of thioether (sulfide) groups is 1. The molecule has 0 unspecified atom stereocenters. The molecule has 0 radical (unpaired) electrons. The zero-order valence-corrected chi connectivity index (χ0v) is 17.3. The molecule has 0 amide bonds. The van der Waals surface area contributed by atoms with Crippen molar-refractivity contribution in [3.8, 4) is 11.4 Å². The number of hydrogen-bond acceptors (Lipinski definition) is 6. The predicted molar refractivity (Wildman–Crippen MR) is 114 cm³/mol. The van der Waals surface area contributed by atoms with E-state index in [4.69, 9.17) is 0 Å². The smallest absolute Gasteiger partial charge is 0.258 e. The van der Waals surface area contributed by atoms with E-state index >= 15 is 0 Å². The second kappa shape index (κ2) is 7.73. The molecule has 142 valence electrons. The normalized spacial score (nSPS) is 11.2. The van der Waals surface area contributed by atoms with Crippen LogP contribution in [0.3, 0.4) is 0 Å². The summed E-state index contributed by atoms with van der Waals surface area (Å²) in [4.78, 5) is 17.7. The molecule has 0 spiro atoms. The summed E-state index contributed by atoms with van der Waals surface area (Å²) in [6.45, 7) is 8.43. The molecule has 6 nitrogen and oxygen atoms in total. The van der Waals surface area contributed by atoms with Gasteiger partial charge in [-0.1, -0.05) is 41.6 Å². The molecule has 3 aromatic heterocycles. The highest BCUT2D eigenvalue weighted by Crippen LogP contribution is 2.26. The van der Waals surface area contributed by atoms with E-state index in [1.54, 1.807) is 10.5 Å². The van der Waals surface area contributed by atoms with Crippen molar-refractivity contribution < 1.29 is 0 Å². The minimum atomic E-state index is -0.0487. The lowest BCUT2D eigenvalue weighted by atomic mass is 10.1. The minimum absolute atomic E-state index is 0.0487. The third-order valence-electron chi connectivity index (χ3n) is 4.28. The van der Waals surface area contributed by atoms with Crippen LogP contribution in [-0.2, 0) is 12.3 Å². The van der Waals surface area contributed by atoms with Crippen LogP contribution in [0.2, 0.25) is 0 Å². The average Bonchev–Trinajstić information content (AvgIpc) is 3.24. The molecular weight excluding hydrogens is 390 g/mol. The van der Waals surface area contributed by atoms with Gasteiger partial charge in [-0.2, -0.15) is 0 Å². The number of thiazole rings is 1. The predicted octanol–water partition coefficient (Wildman–Crippen LogP) is 4.11. The SMILES string of the molecule is C=CCn1c(SCc2cc(=O)n3c(C)csc3n2)nnc1-c1cccc(C)c1.